The highest BCUT2D eigenvalue weighted by Gasteiger charge is 2.26. The quantitative estimate of drug-likeness (QED) is 0.390. The van der Waals surface area contributed by atoms with Gasteiger partial charge in [0, 0.05) is 42.8 Å². The molecule has 0 spiro atoms. The van der Waals surface area contributed by atoms with E-state index >= 15 is 0 Å². The van der Waals surface area contributed by atoms with Gasteiger partial charge >= 0.3 is 0 Å². The Hall–Kier alpha value is -3.85. The van der Waals surface area contributed by atoms with Crippen molar-refractivity contribution in [1.29, 1.82) is 0 Å². The van der Waals surface area contributed by atoms with Gasteiger partial charge in [0.25, 0.3) is 5.91 Å². The fraction of sp³-hybridized carbons (Fsp3) is 0.379. The van der Waals surface area contributed by atoms with Crippen molar-refractivity contribution < 1.29 is 9.32 Å². The molecule has 3 aromatic rings. The van der Waals surface area contributed by atoms with E-state index in [1.54, 1.807) is 13.0 Å². The molecule has 4 bridgehead atoms. The average Bonchev–Trinajstić information content (AvgIpc) is 3.38. The van der Waals surface area contributed by atoms with Crippen molar-refractivity contribution in [2.45, 2.75) is 58.7 Å². The molecule has 1 amide bonds. The van der Waals surface area contributed by atoms with Crippen molar-refractivity contribution in [3.63, 3.8) is 0 Å². The van der Waals surface area contributed by atoms with Gasteiger partial charge in [-0.1, -0.05) is 22.8 Å². The molecule has 0 aliphatic carbocycles. The number of nitrogens with zero attached hydrogens (tertiary/aromatic N) is 4. The number of allylic oxidation sites excluding steroid dienone is 1. The number of fused-ring (bicyclic) bond motifs is 4. The summed E-state index contributed by atoms with van der Waals surface area (Å²) in [5, 5.41) is 15.0. The molecule has 39 heavy (non-hydrogen) atoms. The lowest BCUT2D eigenvalue weighted by molar-refractivity contribution is 0.0708. The monoisotopic (exact) mass is 547 g/mol. The van der Waals surface area contributed by atoms with E-state index in [1.807, 2.05) is 43.3 Å². The van der Waals surface area contributed by atoms with Crippen LogP contribution in [-0.2, 0) is 12.8 Å². The predicted molar refractivity (Wildman–Crippen MR) is 156 cm³/mol. The zero-order valence-corrected chi connectivity index (χ0v) is 23.3. The molecule has 1 aromatic carbocycles. The summed E-state index contributed by atoms with van der Waals surface area (Å²) >= 11 is 6.52. The number of hydrogen-bond acceptors (Lipinski definition) is 8. The van der Waals surface area contributed by atoms with Crippen LogP contribution >= 0.6 is 11.6 Å². The normalized spacial score (nSPS) is 19.9. The minimum absolute atomic E-state index is 0.0734. The number of carbonyl (C=O) groups excluding carboxylic acids is 1. The number of pyridine rings is 1. The number of halogens is 1. The van der Waals surface area contributed by atoms with Crippen molar-refractivity contribution in [1.82, 2.24) is 15.0 Å². The Bertz CT molecular complexity index is 1390. The van der Waals surface area contributed by atoms with E-state index in [9.17, 15) is 4.79 Å². The average molecular weight is 548 g/mol. The SMILES string of the molecule is C/C=C(Cl)\C1=N/C(C)Nc2cncc(c2)CCc2cc(ccc2NC2CCN(C(=O)c3cc(C)on3)CC2)N1. The van der Waals surface area contributed by atoms with Gasteiger partial charge in [0.05, 0.1) is 16.9 Å². The van der Waals surface area contributed by atoms with Crippen LogP contribution in [0.15, 0.2) is 63.3 Å². The number of benzene rings is 1. The summed E-state index contributed by atoms with van der Waals surface area (Å²) in [7, 11) is 0. The first-order chi connectivity index (χ1) is 18.9. The molecular weight excluding hydrogens is 514 g/mol. The zero-order valence-electron chi connectivity index (χ0n) is 22.5. The molecular formula is C29H34ClN7O2. The van der Waals surface area contributed by atoms with Crippen molar-refractivity contribution in [2.24, 2.45) is 4.99 Å². The van der Waals surface area contributed by atoms with Gasteiger partial charge in [0.1, 0.15) is 17.8 Å². The van der Waals surface area contributed by atoms with E-state index in [-0.39, 0.29) is 18.1 Å². The van der Waals surface area contributed by atoms with Gasteiger partial charge < -0.3 is 25.4 Å². The summed E-state index contributed by atoms with van der Waals surface area (Å²) in [6, 6.07) is 10.4. The van der Waals surface area contributed by atoms with E-state index < -0.39 is 0 Å². The van der Waals surface area contributed by atoms with Gasteiger partial charge in [-0.3, -0.25) is 9.78 Å². The van der Waals surface area contributed by atoms with E-state index in [1.165, 1.54) is 5.56 Å². The minimum Gasteiger partial charge on any atom is -0.382 e. The molecule has 2 aliphatic rings. The molecule has 0 radical (unpaired) electrons. The summed E-state index contributed by atoms with van der Waals surface area (Å²) in [6.07, 6.45) is 8.75. The first-order valence-corrected chi connectivity index (χ1v) is 13.8. The maximum absolute atomic E-state index is 12.8. The van der Waals surface area contributed by atoms with Crippen molar-refractivity contribution in [3.05, 3.63) is 76.4 Å². The first kappa shape index (κ1) is 26.7. The molecule has 5 rings (SSSR count). The minimum atomic E-state index is -0.203. The number of amidine groups is 1. The lowest BCUT2D eigenvalue weighted by Crippen LogP contribution is -2.42. The van der Waals surface area contributed by atoms with E-state index in [2.05, 4.69) is 44.3 Å². The molecule has 204 valence electrons. The largest absolute Gasteiger partial charge is 0.382 e. The van der Waals surface area contributed by atoms with Crippen LogP contribution in [0.2, 0.25) is 0 Å². The Labute approximate surface area is 233 Å². The van der Waals surface area contributed by atoms with Crippen LogP contribution in [0, 0.1) is 6.92 Å². The van der Waals surface area contributed by atoms with E-state index in [0.29, 0.717) is 35.4 Å². The fourth-order valence-corrected chi connectivity index (χ4v) is 5.07. The van der Waals surface area contributed by atoms with E-state index in [4.69, 9.17) is 21.1 Å². The molecule has 1 fully saturated rings. The first-order valence-electron chi connectivity index (χ1n) is 13.4. The molecule has 1 unspecified atom stereocenters. The van der Waals surface area contributed by atoms with Gasteiger partial charge in [0.2, 0.25) is 0 Å². The summed E-state index contributed by atoms with van der Waals surface area (Å²) in [5.41, 5.74) is 5.66. The third-order valence-corrected chi connectivity index (χ3v) is 7.41. The zero-order chi connectivity index (χ0) is 27.4. The molecule has 1 saturated heterocycles. The Kier molecular flexibility index (Phi) is 8.16. The summed E-state index contributed by atoms with van der Waals surface area (Å²) in [4.78, 5) is 23.8. The van der Waals surface area contributed by atoms with Gasteiger partial charge in [0.15, 0.2) is 5.69 Å². The number of likely N-dealkylation sites (tertiary alicyclic amines) is 1. The highest BCUT2D eigenvalue weighted by Crippen LogP contribution is 2.27. The summed E-state index contributed by atoms with van der Waals surface area (Å²) in [6.45, 7) is 7.01. The van der Waals surface area contributed by atoms with Crippen molar-refractivity contribution in [2.75, 3.05) is 29.0 Å². The molecule has 2 aromatic heterocycles. The van der Waals surface area contributed by atoms with Gasteiger partial charge in [-0.05, 0) is 81.8 Å². The molecule has 3 N–H and O–H groups in total. The van der Waals surface area contributed by atoms with E-state index in [0.717, 1.165) is 48.3 Å². The van der Waals surface area contributed by atoms with Gasteiger partial charge in [-0.15, -0.1) is 0 Å². The molecule has 1 atom stereocenters. The number of carbonyl (C=O) groups is 1. The van der Waals surface area contributed by atoms with Crippen LogP contribution in [0.1, 0.15) is 54.1 Å². The second-order valence-electron chi connectivity index (χ2n) is 10.0. The molecule has 10 heteroatoms. The van der Waals surface area contributed by atoms with Crippen LogP contribution in [0.25, 0.3) is 0 Å². The van der Waals surface area contributed by atoms with Crippen LogP contribution < -0.4 is 16.0 Å². The third kappa shape index (κ3) is 6.60. The van der Waals surface area contributed by atoms with Crippen molar-refractivity contribution >= 4 is 40.4 Å². The smallest absolute Gasteiger partial charge is 0.276 e. The molecule has 4 heterocycles. The summed E-state index contributed by atoms with van der Waals surface area (Å²) < 4.78 is 5.08. The topological polar surface area (TPSA) is 108 Å². The van der Waals surface area contributed by atoms with Crippen LogP contribution in [0.3, 0.4) is 0 Å². The highest BCUT2D eigenvalue weighted by atomic mass is 35.5. The Morgan fingerprint density at radius 2 is 1.97 bits per heavy atom. The highest BCUT2D eigenvalue weighted by molar-refractivity contribution is 6.44. The Morgan fingerprint density at radius 1 is 1.15 bits per heavy atom. The Balaban J connectivity index is 1.35. The number of aryl methyl sites for hydroxylation is 3. The number of nitrogens with one attached hydrogen (secondary N) is 3. The second kappa shape index (κ2) is 11.9. The maximum atomic E-state index is 12.8. The third-order valence-electron chi connectivity index (χ3n) is 7.01. The standard InChI is InChI=1S/C29H34ClN7O2/c1-4-25(30)28-33-19(3)32-24-14-20(16-31-17-24)5-6-21-15-23(35-28)7-8-26(21)34-22-9-11-37(12-10-22)29(38)27-13-18(2)39-36-27/h4,7-8,13-17,19,22,32,34H,5-6,9-12H2,1-3H3,(H,33,35)/b25-4+. The lowest BCUT2D eigenvalue weighted by atomic mass is 10.00. The number of anilines is 3. The second-order valence-corrected chi connectivity index (χ2v) is 10.5. The number of aliphatic imine (C=N–C) groups is 1. The molecule has 2 aliphatic heterocycles. The fourth-order valence-electron chi connectivity index (χ4n) is 4.97. The Morgan fingerprint density at radius 3 is 2.72 bits per heavy atom. The van der Waals surface area contributed by atoms with Crippen LogP contribution in [0.4, 0.5) is 17.1 Å². The number of piperidine rings is 1. The van der Waals surface area contributed by atoms with Crippen molar-refractivity contribution in [3.8, 4) is 0 Å². The van der Waals surface area contributed by atoms with Gasteiger partial charge in [-0.25, -0.2) is 4.99 Å². The molecule has 0 saturated carbocycles. The lowest BCUT2D eigenvalue weighted by Gasteiger charge is -2.33. The molecule has 9 nitrogen and oxygen atoms in total. The number of amides is 1. The number of rotatable bonds is 4. The van der Waals surface area contributed by atoms with Gasteiger partial charge in [-0.2, -0.15) is 0 Å². The number of aromatic nitrogens is 2. The number of hydrogen-bond donors (Lipinski definition) is 3. The predicted octanol–water partition coefficient (Wildman–Crippen LogP) is 5.60. The van der Waals surface area contributed by atoms with Crippen LogP contribution in [0.5, 0.6) is 0 Å². The van der Waals surface area contributed by atoms with Crippen LogP contribution in [-0.4, -0.2) is 52.1 Å². The summed E-state index contributed by atoms with van der Waals surface area (Å²) in [5.74, 6) is 1.17. The maximum Gasteiger partial charge on any atom is 0.276 e.